The molecule has 3 rings (SSSR count). The second-order valence-corrected chi connectivity index (χ2v) is 4.75. The third-order valence-electron chi connectivity index (χ3n) is 2.60. The van der Waals surface area contributed by atoms with Crippen LogP contribution in [0.1, 0.15) is 12.0 Å². The van der Waals surface area contributed by atoms with Crippen molar-refractivity contribution in [3.63, 3.8) is 0 Å². The average Bonchev–Trinajstić information content (AvgIpc) is 2.77. The van der Waals surface area contributed by atoms with E-state index >= 15 is 0 Å². The smallest absolute Gasteiger partial charge is 0.0977 e. The van der Waals surface area contributed by atoms with Crippen LogP contribution >= 0.6 is 11.8 Å². The predicted molar refractivity (Wildman–Crippen MR) is 66.8 cm³/mol. The van der Waals surface area contributed by atoms with Crippen molar-refractivity contribution in [2.24, 2.45) is 4.99 Å². The highest BCUT2D eigenvalue weighted by atomic mass is 32.2. The SMILES string of the molecule is c1cc2cc(C3=NCCCS3)ccc2[nH]1. The maximum atomic E-state index is 4.56. The van der Waals surface area contributed by atoms with E-state index in [9.17, 15) is 0 Å². The van der Waals surface area contributed by atoms with Gasteiger partial charge in [0.1, 0.15) is 0 Å². The van der Waals surface area contributed by atoms with Gasteiger partial charge in [0.25, 0.3) is 0 Å². The van der Waals surface area contributed by atoms with Gasteiger partial charge in [-0.15, -0.1) is 11.8 Å². The van der Waals surface area contributed by atoms with Gasteiger partial charge >= 0.3 is 0 Å². The normalized spacial score (nSPS) is 16.7. The monoisotopic (exact) mass is 216 g/mol. The van der Waals surface area contributed by atoms with Crippen molar-refractivity contribution in [3.05, 3.63) is 36.0 Å². The average molecular weight is 216 g/mol. The molecule has 0 saturated carbocycles. The number of nitrogens with one attached hydrogen (secondary N) is 1. The van der Waals surface area contributed by atoms with Gasteiger partial charge in [-0.2, -0.15) is 0 Å². The lowest BCUT2D eigenvalue weighted by Crippen LogP contribution is -2.04. The van der Waals surface area contributed by atoms with E-state index in [0.717, 1.165) is 6.54 Å². The minimum atomic E-state index is 0.980. The Kier molecular flexibility index (Phi) is 2.25. The van der Waals surface area contributed by atoms with Crippen LogP contribution in [0.4, 0.5) is 0 Å². The highest BCUT2D eigenvalue weighted by Gasteiger charge is 2.08. The number of aliphatic imine (C=N–C) groups is 1. The third kappa shape index (κ3) is 1.67. The van der Waals surface area contributed by atoms with Gasteiger partial charge in [0.05, 0.1) is 5.04 Å². The molecule has 0 radical (unpaired) electrons. The first-order valence-corrected chi connectivity index (χ1v) is 6.17. The summed E-state index contributed by atoms with van der Waals surface area (Å²) in [6, 6.07) is 8.59. The van der Waals surface area contributed by atoms with E-state index in [4.69, 9.17) is 0 Å². The Labute approximate surface area is 92.8 Å². The Morgan fingerprint density at radius 3 is 3.13 bits per heavy atom. The summed E-state index contributed by atoms with van der Waals surface area (Å²) in [4.78, 5) is 7.76. The van der Waals surface area contributed by atoms with Crippen molar-refractivity contribution in [1.29, 1.82) is 0 Å². The van der Waals surface area contributed by atoms with Gasteiger partial charge in [-0.1, -0.05) is 6.07 Å². The second-order valence-electron chi connectivity index (χ2n) is 3.67. The number of hydrogen-bond donors (Lipinski definition) is 1. The zero-order valence-electron chi connectivity index (χ0n) is 8.36. The summed E-state index contributed by atoms with van der Waals surface area (Å²) in [7, 11) is 0. The summed E-state index contributed by atoms with van der Waals surface area (Å²) >= 11 is 1.87. The van der Waals surface area contributed by atoms with Gasteiger partial charge in [0.2, 0.25) is 0 Å². The number of hydrogen-bond acceptors (Lipinski definition) is 2. The van der Waals surface area contributed by atoms with Crippen molar-refractivity contribution in [2.45, 2.75) is 6.42 Å². The van der Waals surface area contributed by atoms with Gasteiger partial charge in [0, 0.05) is 35.0 Å². The minimum Gasteiger partial charge on any atom is -0.361 e. The molecule has 3 heteroatoms. The fourth-order valence-electron chi connectivity index (χ4n) is 1.82. The molecule has 0 unspecified atom stereocenters. The molecule has 1 aliphatic heterocycles. The number of H-pyrrole nitrogens is 1. The van der Waals surface area contributed by atoms with E-state index < -0.39 is 0 Å². The van der Waals surface area contributed by atoms with Crippen LogP contribution < -0.4 is 0 Å². The maximum Gasteiger partial charge on any atom is 0.0977 e. The van der Waals surface area contributed by atoms with Gasteiger partial charge in [0.15, 0.2) is 0 Å². The molecule has 0 saturated heterocycles. The van der Waals surface area contributed by atoms with Crippen molar-refractivity contribution < 1.29 is 0 Å². The number of aromatic nitrogens is 1. The quantitative estimate of drug-likeness (QED) is 0.779. The first-order chi connectivity index (χ1) is 7.43. The molecular formula is C12H12N2S. The number of thioether (sulfide) groups is 1. The van der Waals surface area contributed by atoms with Crippen molar-refractivity contribution in [3.8, 4) is 0 Å². The molecule has 1 aromatic carbocycles. The summed E-state index contributed by atoms with van der Waals surface area (Å²) < 4.78 is 0. The first kappa shape index (κ1) is 9.04. The van der Waals surface area contributed by atoms with E-state index in [-0.39, 0.29) is 0 Å². The van der Waals surface area contributed by atoms with E-state index in [1.165, 1.54) is 33.7 Å². The van der Waals surface area contributed by atoms with Gasteiger partial charge in [-0.3, -0.25) is 4.99 Å². The topological polar surface area (TPSA) is 28.1 Å². The molecule has 2 heterocycles. The molecule has 0 amide bonds. The molecule has 1 aromatic heterocycles. The Bertz CT molecular complexity index is 513. The van der Waals surface area contributed by atoms with Crippen LogP contribution in [0.2, 0.25) is 0 Å². The molecule has 76 valence electrons. The van der Waals surface area contributed by atoms with E-state index in [1.54, 1.807) is 0 Å². The minimum absolute atomic E-state index is 0.980. The van der Waals surface area contributed by atoms with Crippen LogP contribution in [0.15, 0.2) is 35.5 Å². The summed E-state index contributed by atoms with van der Waals surface area (Å²) in [6.07, 6.45) is 3.19. The number of aromatic amines is 1. The van der Waals surface area contributed by atoms with E-state index in [0.29, 0.717) is 0 Å². The number of rotatable bonds is 1. The Balaban J connectivity index is 2.06. The summed E-state index contributed by atoms with van der Waals surface area (Å²) in [5.74, 6) is 1.20. The molecule has 2 nitrogen and oxygen atoms in total. The molecule has 2 aromatic rings. The largest absolute Gasteiger partial charge is 0.361 e. The predicted octanol–water partition coefficient (Wildman–Crippen LogP) is 3.05. The summed E-state index contributed by atoms with van der Waals surface area (Å²) in [5, 5.41) is 2.46. The lowest BCUT2D eigenvalue weighted by molar-refractivity contribution is 0.939. The van der Waals surface area contributed by atoms with Gasteiger partial charge in [-0.25, -0.2) is 0 Å². The molecule has 0 fully saturated rings. The van der Waals surface area contributed by atoms with Crippen LogP contribution in [0.3, 0.4) is 0 Å². The van der Waals surface area contributed by atoms with E-state index in [2.05, 4.69) is 34.2 Å². The van der Waals surface area contributed by atoms with Crippen LogP contribution in [0.25, 0.3) is 10.9 Å². The molecule has 1 aliphatic rings. The first-order valence-electron chi connectivity index (χ1n) is 5.18. The molecule has 0 bridgehead atoms. The molecular weight excluding hydrogens is 204 g/mol. The Hall–Kier alpha value is -1.22. The summed E-state index contributed by atoms with van der Waals surface area (Å²) in [6.45, 7) is 0.980. The fraction of sp³-hybridized carbons (Fsp3) is 0.250. The zero-order valence-corrected chi connectivity index (χ0v) is 9.18. The molecule has 15 heavy (non-hydrogen) atoms. The molecule has 0 aliphatic carbocycles. The third-order valence-corrected chi connectivity index (χ3v) is 3.73. The maximum absolute atomic E-state index is 4.56. The Morgan fingerprint density at radius 1 is 1.27 bits per heavy atom. The van der Waals surface area contributed by atoms with Crippen LogP contribution in [-0.4, -0.2) is 22.3 Å². The number of nitrogens with zero attached hydrogens (tertiary/aromatic N) is 1. The highest BCUT2D eigenvalue weighted by Crippen LogP contribution is 2.22. The molecule has 0 atom stereocenters. The Morgan fingerprint density at radius 2 is 2.27 bits per heavy atom. The van der Waals surface area contributed by atoms with Crippen molar-refractivity contribution in [1.82, 2.24) is 4.98 Å². The van der Waals surface area contributed by atoms with E-state index in [1.807, 2.05) is 18.0 Å². The lowest BCUT2D eigenvalue weighted by Gasteiger charge is -2.11. The standard InChI is InChI=1S/C12H12N2S/c1-5-14-12(15-7-1)10-2-3-11-9(8-10)4-6-13-11/h2-4,6,8,13H,1,5,7H2. The second kappa shape index (κ2) is 3.74. The lowest BCUT2D eigenvalue weighted by atomic mass is 10.2. The van der Waals surface area contributed by atoms with Crippen LogP contribution in [0.5, 0.6) is 0 Å². The van der Waals surface area contributed by atoms with Crippen LogP contribution in [-0.2, 0) is 0 Å². The number of fused-ring (bicyclic) bond motifs is 1. The van der Waals surface area contributed by atoms with Gasteiger partial charge in [-0.05, 0) is 24.6 Å². The van der Waals surface area contributed by atoms with Crippen molar-refractivity contribution in [2.75, 3.05) is 12.3 Å². The summed E-state index contributed by atoms with van der Waals surface area (Å²) in [5.41, 5.74) is 2.45. The number of benzene rings is 1. The fourth-order valence-corrected chi connectivity index (χ4v) is 2.76. The zero-order chi connectivity index (χ0) is 10.1. The van der Waals surface area contributed by atoms with Crippen LogP contribution in [0, 0.1) is 0 Å². The highest BCUT2D eigenvalue weighted by molar-refractivity contribution is 8.14. The molecule has 0 spiro atoms. The van der Waals surface area contributed by atoms with Gasteiger partial charge < -0.3 is 4.98 Å². The molecule has 1 N–H and O–H groups in total. The van der Waals surface area contributed by atoms with Crippen molar-refractivity contribution >= 4 is 27.7 Å².